The Balaban J connectivity index is 0. The fourth-order valence-corrected chi connectivity index (χ4v) is 4.19. The highest BCUT2D eigenvalue weighted by atomic mass is 31.2. The molecule has 10 heteroatoms. The summed E-state index contributed by atoms with van der Waals surface area (Å²) in [4.78, 5) is 27.6. The van der Waals surface area contributed by atoms with E-state index in [2.05, 4.69) is 25.3 Å². The lowest BCUT2D eigenvalue weighted by Gasteiger charge is -2.20. The molecular weight excluding hydrogens is 485 g/mol. The van der Waals surface area contributed by atoms with Crippen LogP contribution in [0, 0.1) is 5.92 Å². The minimum absolute atomic E-state index is 0.0307. The molecule has 0 bridgehead atoms. The third kappa shape index (κ3) is 31.9. The van der Waals surface area contributed by atoms with E-state index in [9.17, 15) is 4.57 Å². The molecule has 0 fully saturated rings. The summed E-state index contributed by atoms with van der Waals surface area (Å²) in [6, 6.07) is 0. The lowest BCUT2D eigenvalue weighted by atomic mass is 9.98. The molecule has 0 aliphatic carbocycles. The van der Waals surface area contributed by atoms with E-state index in [1.807, 2.05) is 0 Å². The Morgan fingerprint density at radius 1 is 0.667 bits per heavy atom. The molecule has 4 N–H and O–H groups in total. The van der Waals surface area contributed by atoms with Crippen molar-refractivity contribution in [3.63, 3.8) is 0 Å². The average molecular weight is 544 g/mol. The van der Waals surface area contributed by atoms with E-state index in [4.69, 9.17) is 29.7 Å². The van der Waals surface area contributed by atoms with Crippen LogP contribution in [0.2, 0.25) is 0 Å². The highest BCUT2D eigenvalue weighted by Gasteiger charge is 2.17. The number of phosphoric acid groups is 1. The van der Waals surface area contributed by atoms with Gasteiger partial charge in [0.15, 0.2) is 0 Å². The number of hydrogen-bond donors (Lipinski definition) is 4. The predicted molar refractivity (Wildman–Crippen MR) is 145 cm³/mol. The number of hydrogen-bond acceptors (Lipinski definition) is 7. The van der Waals surface area contributed by atoms with E-state index in [1.54, 1.807) is 0 Å². The number of aliphatic hydroxyl groups excluding tert-OH is 2. The molecule has 0 rings (SSSR count). The van der Waals surface area contributed by atoms with Crippen molar-refractivity contribution in [2.45, 2.75) is 124 Å². The van der Waals surface area contributed by atoms with Gasteiger partial charge < -0.3 is 20.0 Å². The Hall–Kier alpha value is -0.0900. The number of unbranched alkanes of at least 4 members (excludes halogenated alkanes) is 11. The average Bonchev–Trinajstić information content (AvgIpc) is 2.85. The number of hydroxylamine groups is 2. The molecule has 0 aromatic carbocycles. The van der Waals surface area contributed by atoms with Gasteiger partial charge in [-0.15, -0.1) is 0 Å². The molecular formula is C26H58NO8P. The third-order valence-electron chi connectivity index (χ3n) is 5.74. The molecule has 0 saturated carbocycles. The number of phosphoric ester groups is 1. The van der Waals surface area contributed by atoms with E-state index in [0.29, 0.717) is 6.54 Å². The van der Waals surface area contributed by atoms with E-state index in [-0.39, 0.29) is 39.0 Å². The summed E-state index contributed by atoms with van der Waals surface area (Å²) >= 11 is 0. The van der Waals surface area contributed by atoms with Gasteiger partial charge in [0.2, 0.25) is 0 Å². The smallest absolute Gasteiger partial charge is 0.394 e. The SMILES string of the molecule is CCCCCC(CCC)COP(=O)(O)O.CCCCCCCCCCCCN(OCCO)OCCO. The molecule has 0 aliphatic heterocycles. The summed E-state index contributed by atoms with van der Waals surface area (Å²) < 4.78 is 15.1. The quantitative estimate of drug-likeness (QED) is 0.0577. The minimum Gasteiger partial charge on any atom is -0.394 e. The van der Waals surface area contributed by atoms with Crippen molar-refractivity contribution >= 4 is 7.82 Å². The zero-order valence-electron chi connectivity index (χ0n) is 23.4. The van der Waals surface area contributed by atoms with Gasteiger partial charge in [-0.2, -0.15) is 0 Å². The number of nitrogens with zero attached hydrogens (tertiary/aromatic N) is 1. The highest BCUT2D eigenvalue weighted by molar-refractivity contribution is 7.46. The maximum Gasteiger partial charge on any atom is 0.469 e. The first-order valence-electron chi connectivity index (χ1n) is 14.3. The van der Waals surface area contributed by atoms with Gasteiger partial charge in [-0.1, -0.05) is 109 Å². The molecule has 1 atom stereocenters. The topological polar surface area (TPSA) is 129 Å². The summed E-state index contributed by atoms with van der Waals surface area (Å²) in [5, 5.41) is 18.8. The van der Waals surface area contributed by atoms with Gasteiger partial charge in [-0.05, 0) is 25.2 Å². The van der Waals surface area contributed by atoms with Crippen molar-refractivity contribution in [1.82, 2.24) is 5.23 Å². The molecule has 0 radical (unpaired) electrons. The van der Waals surface area contributed by atoms with Crippen LogP contribution in [0.25, 0.3) is 0 Å². The van der Waals surface area contributed by atoms with Crippen LogP contribution < -0.4 is 0 Å². The van der Waals surface area contributed by atoms with E-state index in [1.165, 1.54) is 63.0 Å². The van der Waals surface area contributed by atoms with Gasteiger partial charge in [-0.3, -0.25) is 14.2 Å². The fraction of sp³-hybridized carbons (Fsp3) is 1.00. The Bertz CT molecular complexity index is 459. The molecule has 1 unspecified atom stereocenters. The first-order chi connectivity index (χ1) is 17.3. The van der Waals surface area contributed by atoms with Gasteiger partial charge in [0.25, 0.3) is 0 Å². The second-order valence-corrected chi connectivity index (χ2v) is 10.5. The summed E-state index contributed by atoms with van der Waals surface area (Å²) in [6.45, 7) is 7.71. The number of rotatable bonds is 26. The molecule has 0 heterocycles. The zero-order chi connectivity index (χ0) is 27.3. The second kappa shape index (κ2) is 29.5. The highest BCUT2D eigenvalue weighted by Crippen LogP contribution is 2.37. The lowest BCUT2D eigenvalue weighted by Crippen LogP contribution is -2.28. The van der Waals surface area contributed by atoms with E-state index >= 15 is 0 Å². The first kappa shape index (κ1) is 38.1. The normalized spacial score (nSPS) is 12.6. The van der Waals surface area contributed by atoms with Gasteiger partial charge in [0.1, 0.15) is 0 Å². The Morgan fingerprint density at radius 3 is 1.58 bits per heavy atom. The van der Waals surface area contributed by atoms with E-state index in [0.717, 1.165) is 44.9 Å². The maximum absolute atomic E-state index is 10.5. The first-order valence-corrected chi connectivity index (χ1v) is 15.8. The van der Waals surface area contributed by atoms with Gasteiger partial charge in [-0.25, -0.2) is 4.57 Å². The molecule has 36 heavy (non-hydrogen) atoms. The number of aliphatic hydroxyl groups is 2. The van der Waals surface area contributed by atoms with Crippen molar-refractivity contribution in [3.05, 3.63) is 0 Å². The predicted octanol–water partition coefficient (Wildman–Crippen LogP) is 6.15. The van der Waals surface area contributed by atoms with Gasteiger partial charge in [0.05, 0.1) is 39.6 Å². The van der Waals surface area contributed by atoms with Crippen molar-refractivity contribution < 1.29 is 38.8 Å². The minimum atomic E-state index is -4.28. The van der Waals surface area contributed by atoms with Crippen LogP contribution in [-0.4, -0.2) is 64.8 Å². The molecule has 0 aromatic heterocycles. The van der Waals surface area contributed by atoms with Crippen LogP contribution in [-0.2, 0) is 18.8 Å². The molecule has 9 nitrogen and oxygen atoms in total. The molecule has 0 saturated heterocycles. The second-order valence-electron chi connectivity index (χ2n) is 9.29. The molecule has 220 valence electrons. The largest absolute Gasteiger partial charge is 0.469 e. The Morgan fingerprint density at radius 2 is 1.14 bits per heavy atom. The van der Waals surface area contributed by atoms with Crippen molar-refractivity contribution in [2.24, 2.45) is 5.92 Å². The fourth-order valence-electron chi connectivity index (χ4n) is 3.78. The van der Waals surface area contributed by atoms with Gasteiger partial charge in [0, 0.05) is 0 Å². The maximum atomic E-state index is 10.5. The third-order valence-corrected chi connectivity index (χ3v) is 6.22. The standard InChI is InChI=1S/C16H35NO4.C10H23O4P/c1-2-3-4-5-6-7-8-9-10-11-12-17(20-15-13-18)21-16-14-19;1-3-5-6-8-10(7-4-2)9-14-15(11,12)13/h18-19H,2-16H2,1H3;10H,3-9H2,1-2H3,(H2,11,12,13). The van der Waals surface area contributed by atoms with Crippen LogP contribution in [0.1, 0.15) is 124 Å². The van der Waals surface area contributed by atoms with Crippen molar-refractivity contribution in [3.8, 4) is 0 Å². The van der Waals surface area contributed by atoms with Crippen LogP contribution in [0.3, 0.4) is 0 Å². The molecule has 0 amide bonds. The van der Waals surface area contributed by atoms with Crippen LogP contribution in [0.15, 0.2) is 0 Å². The Labute approximate surface area is 221 Å². The summed E-state index contributed by atoms with van der Waals surface area (Å²) in [5.74, 6) is 0.286. The zero-order valence-corrected chi connectivity index (χ0v) is 24.3. The van der Waals surface area contributed by atoms with E-state index < -0.39 is 7.82 Å². The molecule has 0 aliphatic rings. The lowest BCUT2D eigenvalue weighted by molar-refractivity contribution is -0.371. The van der Waals surface area contributed by atoms with Crippen molar-refractivity contribution in [1.29, 1.82) is 0 Å². The van der Waals surface area contributed by atoms with Crippen LogP contribution in [0.5, 0.6) is 0 Å². The van der Waals surface area contributed by atoms with Crippen molar-refractivity contribution in [2.75, 3.05) is 39.6 Å². The monoisotopic (exact) mass is 543 g/mol. The molecule has 0 spiro atoms. The van der Waals surface area contributed by atoms with Gasteiger partial charge >= 0.3 is 7.82 Å². The summed E-state index contributed by atoms with van der Waals surface area (Å²) in [7, 11) is -4.28. The van der Waals surface area contributed by atoms with Crippen LogP contribution in [0.4, 0.5) is 0 Å². The Kier molecular flexibility index (Phi) is 31.2. The summed E-state index contributed by atoms with van der Waals surface area (Å²) in [5.41, 5.74) is 0. The summed E-state index contributed by atoms with van der Waals surface area (Å²) in [6.07, 6.45) is 19.4. The van der Waals surface area contributed by atoms with Crippen LogP contribution >= 0.6 is 7.82 Å². The molecule has 0 aromatic rings.